The van der Waals surface area contributed by atoms with Crippen LogP contribution in [-0.4, -0.2) is 44.2 Å². The van der Waals surface area contributed by atoms with Gasteiger partial charge in [-0.1, -0.05) is 18.2 Å². The van der Waals surface area contributed by atoms with E-state index in [-0.39, 0.29) is 5.91 Å². The third-order valence-electron chi connectivity index (χ3n) is 2.84. The summed E-state index contributed by atoms with van der Waals surface area (Å²) in [6.45, 7) is 2.79. The molecule has 5 nitrogen and oxygen atoms in total. The predicted octanol–water partition coefficient (Wildman–Crippen LogP) is 1.13. The summed E-state index contributed by atoms with van der Waals surface area (Å²) in [5.41, 5.74) is 1.57. The third-order valence-corrected chi connectivity index (χ3v) is 2.84. The number of H-pyrrole nitrogens is 1. The molecule has 0 aliphatic heterocycles. The van der Waals surface area contributed by atoms with E-state index in [0.717, 1.165) is 24.0 Å². The first-order valence-electron chi connectivity index (χ1n) is 6.37. The van der Waals surface area contributed by atoms with Crippen LogP contribution in [0.3, 0.4) is 0 Å². The second kappa shape index (κ2) is 6.92. The minimum absolute atomic E-state index is 0.0789. The number of hydrogen-bond donors (Lipinski definition) is 3. The van der Waals surface area contributed by atoms with E-state index in [1.165, 1.54) is 0 Å². The highest BCUT2D eigenvalue weighted by Gasteiger charge is 2.07. The van der Waals surface area contributed by atoms with Crippen LogP contribution in [0.4, 0.5) is 0 Å². The lowest BCUT2D eigenvalue weighted by Crippen LogP contribution is -2.33. The number of carbonyl (C=O) groups is 1. The van der Waals surface area contributed by atoms with Gasteiger partial charge in [-0.05, 0) is 12.1 Å². The van der Waals surface area contributed by atoms with Crippen LogP contribution >= 0.6 is 0 Å². The summed E-state index contributed by atoms with van der Waals surface area (Å²) in [5, 5.41) is 7.08. The zero-order chi connectivity index (χ0) is 13.5. The minimum Gasteiger partial charge on any atom is -0.383 e. The number of ether oxygens (including phenoxy) is 1. The van der Waals surface area contributed by atoms with Crippen molar-refractivity contribution in [2.75, 3.05) is 33.4 Å². The maximum atomic E-state index is 11.9. The highest BCUT2D eigenvalue weighted by molar-refractivity contribution is 5.97. The molecule has 5 heteroatoms. The first-order chi connectivity index (χ1) is 9.31. The Balaban J connectivity index is 1.79. The van der Waals surface area contributed by atoms with E-state index < -0.39 is 0 Å². The van der Waals surface area contributed by atoms with E-state index in [1.54, 1.807) is 7.11 Å². The number of nitrogens with one attached hydrogen (secondary N) is 3. The first-order valence-corrected chi connectivity index (χ1v) is 6.37. The van der Waals surface area contributed by atoms with Gasteiger partial charge in [0.15, 0.2) is 0 Å². The van der Waals surface area contributed by atoms with Crippen molar-refractivity contribution in [3.63, 3.8) is 0 Å². The Bertz CT molecular complexity index is 503. The van der Waals surface area contributed by atoms with Crippen LogP contribution in [-0.2, 0) is 4.74 Å². The molecule has 102 valence electrons. The van der Waals surface area contributed by atoms with Gasteiger partial charge in [-0.15, -0.1) is 0 Å². The average molecular weight is 261 g/mol. The topological polar surface area (TPSA) is 66.2 Å². The second-order valence-electron chi connectivity index (χ2n) is 4.27. The molecule has 1 aromatic carbocycles. The summed E-state index contributed by atoms with van der Waals surface area (Å²) in [5.74, 6) is -0.0789. The summed E-state index contributed by atoms with van der Waals surface area (Å²) in [6, 6.07) is 9.70. The van der Waals surface area contributed by atoms with Crippen LogP contribution in [0.1, 0.15) is 10.5 Å². The number of aromatic amines is 1. The fourth-order valence-corrected chi connectivity index (χ4v) is 1.85. The Hall–Kier alpha value is -1.85. The van der Waals surface area contributed by atoms with Crippen molar-refractivity contribution in [1.82, 2.24) is 15.6 Å². The molecule has 0 atom stereocenters. The molecule has 1 heterocycles. The fourth-order valence-electron chi connectivity index (χ4n) is 1.85. The molecular weight excluding hydrogens is 242 g/mol. The van der Waals surface area contributed by atoms with Gasteiger partial charge in [0.2, 0.25) is 0 Å². The van der Waals surface area contributed by atoms with Crippen LogP contribution in [0.2, 0.25) is 0 Å². The molecule has 19 heavy (non-hydrogen) atoms. The standard InChI is InChI=1S/C14H19N3O2/c1-19-9-8-15-6-7-16-14(18)13-10-11-4-2-3-5-12(11)17-13/h2-5,10,15,17H,6-9H2,1H3,(H,16,18). The van der Waals surface area contributed by atoms with Crippen LogP contribution in [0.15, 0.2) is 30.3 Å². The van der Waals surface area contributed by atoms with Gasteiger partial charge in [0.1, 0.15) is 5.69 Å². The molecule has 1 aromatic heterocycles. The van der Waals surface area contributed by atoms with Crippen molar-refractivity contribution in [3.8, 4) is 0 Å². The maximum Gasteiger partial charge on any atom is 0.267 e. The van der Waals surface area contributed by atoms with Crippen molar-refractivity contribution >= 4 is 16.8 Å². The molecule has 0 bridgehead atoms. The Labute approximate surface area is 112 Å². The summed E-state index contributed by atoms with van der Waals surface area (Å²) in [7, 11) is 1.67. The lowest BCUT2D eigenvalue weighted by atomic mass is 10.2. The summed E-state index contributed by atoms with van der Waals surface area (Å²) in [4.78, 5) is 15.0. The van der Waals surface area contributed by atoms with Crippen molar-refractivity contribution in [1.29, 1.82) is 0 Å². The molecule has 0 unspecified atom stereocenters. The Morgan fingerprint density at radius 1 is 1.26 bits per heavy atom. The van der Waals surface area contributed by atoms with Crippen molar-refractivity contribution in [2.45, 2.75) is 0 Å². The zero-order valence-corrected chi connectivity index (χ0v) is 11.0. The minimum atomic E-state index is -0.0789. The molecule has 1 amide bonds. The lowest BCUT2D eigenvalue weighted by Gasteiger charge is -2.05. The molecule has 2 aromatic rings. The van der Waals surface area contributed by atoms with Crippen molar-refractivity contribution < 1.29 is 9.53 Å². The fraction of sp³-hybridized carbons (Fsp3) is 0.357. The van der Waals surface area contributed by atoms with Crippen LogP contribution in [0, 0.1) is 0 Å². The van der Waals surface area contributed by atoms with Gasteiger partial charge in [-0.2, -0.15) is 0 Å². The highest BCUT2D eigenvalue weighted by Crippen LogP contribution is 2.14. The summed E-state index contributed by atoms with van der Waals surface area (Å²) < 4.78 is 4.92. The van der Waals surface area contributed by atoms with E-state index in [0.29, 0.717) is 18.8 Å². The number of hydrogen-bond acceptors (Lipinski definition) is 3. The molecule has 2 rings (SSSR count). The monoisotopic (exact) mass is 261 g/mol. The van der Waals surface area contributed by atoms with Crippen molar-refractivity contribution in [2.24, 2.45) is 0 Å². The van der Waals surface area contributed by atoms with Gasteiger partial charge in [0.25, 0.3) is 5.91 Å². The van der Waals surface area contributed by atoms with Gasteiger partial charge >= 0.3 is 0 Å². The van der Waals surface area contributed by atoms with E-state index >= 15 is 0 Å². The van der Waals surface area contributed by atoms with E-state index in [9.17, 15) is 4.79 Å². The van der Waals surface area contributed by atoms with Crippen LogP contribution < -0.4 is 10.6 Å². The van der Waals surface area contributed by atoms with Crippen LogP contribution in [0.5, 0.6) is 0 Å². The van der Waals surface area contributed by atoms with Crippen LogP contribution in [0.25, 0.3) is 10.9 Å². The molecule has 0 saturated heterocycles. The number of para-hydroxylation sites is 1. The quantitative estimate of drug-likeness (QED) is 0.655. The second-order valence-corrected chi connectivity index (χ2v) is 4.27. The molecule has 0 radical (unpaired) electrons. The number of amides is 1. The number of fused-ring (bicyclic) bond motifs is 1. The number of methoxy groups -OCH3 is 1. The number of aromatic nitrogens is 1. The Kier molecular flexibility index (Phi) is 4.94. The van der Waals surface area contributed by atoms with Gasteiger partial charge in [-0.25, -0.2) is 0 Å². The summed E-state index contributed by atoms with van der Waals surface area (Å²) >= 11 is 0. The number of carbonyl (C=O) groups excluding carboxylic acids is 1. The highest BCUT2D eigenvalue weighted by atomic mass is 16.5. The third kappa shape index (κ3) is 3.81. The zero-order valence-electron chi connectivity index (χ0n) is 11.0. The average Bonchev–Trinajstić information content (AvgIpc) is 2.86. The van der Waals surface area contributed by atoms with E-state index in [1.807, 2.05) is 30.3 Å². The molecular formula is C14H19N3O2. The Morgan fingerprint density at radius 3 is 2.89 bits per heavy atom. The van der Waals surface area contributed by atoms with Gasteiger partial charge < -0.3 is 20.4 Å². The normalized spacial score (nSPS) is 10.8. The molecule has 0 saturated carbocycles. The molecule has 0 fully saturated rings. The number of benzene rings is 1. The first kappa shape index (κ1) is 13.6. The smallest absolute Gasteiger partial charge is 0.267 e. The molecule has 0 aliphatic carbocycles. The van der Waals surface area contributed by atoms with Gasteiger partial charge in [-0.3, -0.25) is 4.79 Å². The number of rotatable bonds is 7. The molecule has 3 N–H and O–H groups in total. The van der Waals surface area contributed by atoms with E-state index in [2.05, 4.69) is 15.6 Å². The largest absolute Gasteiger partial charge is 0.383 e. The van der Waals surface area contributed by atoms with Crippen molar-refractivity contribution in [3.05, 3.63) is 36.0 Å². The summed E-state index contributed by atoms with van der Waals surface area (Å²) in [6.07, 6.45) is 0. The van der Waals surface area contributed by atoms with E-state index in [4.69, 9.17) is 4.74 Å². The van der Waals surface area contributed by atoms with Gasteiger partial charge in [0.05, 0.1) is 6.61 Å². The molecule has 0 aliphatic rings. The lowest BCUT2D eigenvalue weighted by molar-refractivity contribution is 0.0949. The maximum absolute atomic E-state index is 11.9. The SMILES string of the molecule is COCCNCCNC(=O)c1cc2ccccc2[nH]1. The van der Waals surface area contributed by atoms with Gasteiger partial charge in [0, 0.05) is 37.6 Å². The predicted molar refractivity (Wildman–Crippen MR) is 75.4 cm³/mol. The Morgan fingerprint density at radius 2 is 2.11 bits per heavy atom. The molecule has 0 spiro atoms.